The number of carbonyl (C=O) groups excluding carboxylic acids is 1. The van der Waals surface area contributed by atoms with E-state index in [9.17, 15) is 4.79 Å². The fourth-order valence-corrected chi connectivity index (χ4v) is 2.13. The summed E-state index contributed by atoms with van der Waals surface area (Å²) in [4.78, 5) is 11.3. The van der Waals surface area contributed by atoms with E-state index in [1.807, 2.05) is 26.0 Å². The van der Waals surface area contributed by atoms with Crippen LogP contribution in [-0.4, -0.2) is 5.91 Å². The van der Waals surface area contributed by atoms with Gasteiger partial charge < -0.3 is 5.32 Å². The van der Waals surface area contributed by atoms with E-state index < -0.39 is 0 Å². The van der Waals surface area contributed by atoms with Gasteiger partial charge in [-0.15, -0.1) is 0 Å². The smallest absolute Gasteiger partial charge is 0.224 e. The lowest BCUT2D eigenvalue weighted by Gasteiger charge is -2.22. The highest BCUT2D eigenvalue weighted by molar-refractivity contribution is 5.94. The maximum Gasteiger partial charge on any atom is 0.224 e. The summed E-state index contributed by atoms with van der Waals surface area (Å²) in [5, 5.41) is 2.94. The van der Waals surface area contributed by atoms with Crippen LogP contribution >= 0.6 is 0 Å². The van der Waals surface area contributed by atoms with Gasteiger partial charge in [0, 0.05) is 12.1 Å². The van der Waals surface area contributed by atoms with Crippen LogP contribution < -0.4 is 5.32 Å². The van der Waals surface area contributed by atoms with Crippen LogP contribution in [0.3, 0.4) is 0 Å². The topological polar surface area (TPSA) is 29.1 Å². The van der Waals surface area contributed by atoms with Gasteiger partial charge in [-0.3, -0.25) is 4.79 Å². The molecule has 0 aliphatic carbocycles. The summed E-state index contributed by atoms with van der Waals surface area (Å²) in [6.07, 6.45) is 2.66. The van der Waals surface area contributed by atoms with Crippen molar-refractivity contribution < 1.29 is 4.79 Å². The van der Waals surface area contributed by atoms with E-state index in [4.69, 9.17) is 0 Å². The fraction of sp³-hybridized carbons (Fsp3) is 0.533. The first-order valence-corrected chi connectivity index (χ1v) is 6.64. The average Bonchev–Trinajstić information content (AvgIpc) is 2.39. The first-order valence-electron chi connectivity index (χ1n) is 6.64. The van der Waals surface area contributed by atoms with Crippen molar-refractivity contribution in [2.45, 2.75) is 52.9 Å². The van der Waals surface area contributed by atoms with E-state index in [0.717, 1.165) is 18.5 Å². The summed E-state index contributed by atoms with van der Waals surface area (Å²) in [6, 6.07) is 6.22. The molecule has 1 atom stereocenters. The minimum Gasteiger partial charge on any atom is -0.326 e. The molecular weight excluding hydrogens is 210 g/mol. The summed E-state index contributed by atoms with van der Waals surface area (Å²) < 4.78 is 0. The van der Waals surface area contributed by atoms with Crippen LogP contribution in [0.15, 0.2) is 18.2 Å². The Morgan fingerprint density at radius 1 is 1.29 bits per heavy atom. The molecule has 1 aromatic carbocycles. The van der Waals surface area contributed by atoms with Gasteiger partial charge in [0.1, 0.15) is 0 Å². The number of carbonyl (C=O) groups is 1. The van der Waals surface area contributed by atoms with E-state index in [0.29, 0.717) is 12.3 Å². The molecule has 0 radical (unpaired) electrons. The minimum absolute atomic E-state index is 0.142. The highest BCUT2D eigenvalue weighted by Crippen LogP contribution is 2.31. The molecule has 94 valence electrons. The van der Waals surface area contributed by atoms with Crippen LogP contribution in [0.5, 0.6) is 0 Å². The second kappa shape index (κ2) is 6.43. The van der Waals surface area contributed by atoms with Crippen LogP contribution in [0, 0.1) is 0 Å². The third-order valence-electron chi connectivity index (χ3n) is 3.23. The standard InChI is InChI=1S/C13H17NO.C2H6/c1-3-9(2)10-5-4-6-12-11(10)7-8-13(15)14-12;1-2/h4-6,9H,3,7-8H2,1-2H3,(H,14,15);1-2H3. The molecule has 1 aliphatic rings. The Hall–Kier alpha value is -1.31. The van der Waals surface area contributed by atoms with Gasteiger partial charge in [-0.2, -0.15) is 0 Å². The first-order chi connectivity index (χ1) is 8.22. The van der Waals surface area contributed by atoms with Crippen molar-refractivity contribution in [3.8, 4) is 0 Å². The van der Waals surface area contributed by atoms with E-state index in [1.165, 1.54) is 11.1 Å². The molecule has 1 aromatic rings. The Kier molecular flexibility index (Phi) is 5.20. The highest BCUT2D eigenvalue weighted by atomic mass is 16.1. The third-order valence-corrected chi connectivity index (χ3v) is 3.23. The second-order valence-electron chi connectivity index (χ2n) is 4.23. The van der Waals surface area contributed by atoms with Crippen molar-refractivity contribution in [1.29, 1.82) is 0 Å². The second-order valence-corrected chi connectivity index (χ2v) is 4.23. The number of rotatable bonds is 2. The van der Waals surface area contributed by atoms with E-state index in [2.05, 4.69) is 25.2 Å². The number of nitrogens with one attached hydrogen (secondary N) is 1. The normalized spacial score (nSPS) is 15.2. The van der Waals surface area contributed by atoms with Crippen LogP contribution in [0.4, 0.5) is 5.69 Å². The Morgan fingerprint density at radius 3 is 2.65 bits per heavy atom. The molecular formula is C15H23NO. The summed E-state index contributed by atoms with van der Waals surface area (Å²) in [5.41, 5.74) is 3.76. The quantitative estimate of drug-likeness (QED) is 0.818. The molecule has 0 saturated heterocycles. The van der Waals surface area contributed by atoms with Crippen molar-refractivity contribution in [2.75, 3.05) is 5.32 Å². The molecule has 1 unspecified atom stereocenters. The zero-order valence-corrected chi connectivity index (χ0v) is 11.3. The average molecular weight is 233 g/mol. The van der Waals surface area contributed by atoms with Crippen LogP contribution in [0.2, 0.25) is 0 Å². The molecule has 2 nitrogen and oxygen atoms in total. The molecule has 2 heteroatoms. The predicted octanol–water partition coefficient (Wildman–Crippen LogP) is 4.11. The maximum absolute atomic E-state index is 11.3. The van der Waals surface area contributed by atoms with Gasteiger partial charge in [-0.1, -0.05) is 39.8 Å². The van der Waals surface area contributed by atoms with Gasteiger partial charge in [0.2, 0.25) is 5.91 Å². The molecule has 2 rings (SSSR count). The third kappa shape index (κ3) is 3.09. The molecule has 0 spiro atoms. The lowest BCUT2D eigenvalue weighted by molar-refractivity contribution is -0.116. The van der Waals surface area contributed by atoms with Gasteiger partial charge in [0.05, 0.1) is 0 Å². The van der Waals surface area contributed by atoms with Crippen molar-refractivity contribution in [3.63, 3.8) is 0 Å². The molecule has 0 bridgehead atoms. The van der Waals surface area contributed by atoms with E-state index in [-0.39, 0.29) is 5.91 Å². The Balaban J connectivity index is 0.000000686. The van der Waals surface area contributed by atoms with Crippen molar-refractivity contribution in [3.05, 3.63) is 29.3 Å². The Bertz CT molecular complexity index is 385. The van der Waals surface area contributed by atoms with Crippen LogP contribution in [0.1, 0.15) is 57.6 Å². The highest BCUT2D eigenvalue weighted by Gasteiger charge is 2.19. The molecule has 0 fully saturated rings. The van der Waals surface area contributed by atoms with Gasteiger partial charge in [0.25, 0.3) is 0 Å². The van der Waals surface area contributed by atoms with Gasteiger partial charge >= 0.3 is 0 Å². The Morgan fingerprint density at radius 2 is 2.00 bits per heavy atom. The molecule has 1 heterocycles. The summed E-state index contributed by atoms with van der Waals surface area (Å²) in [6.45, 7) is 8.44. The largest absolute Gasteiger partial charge is 0.326 e. The fourth-order valence-electron chi connectivity index (χ4n) is 2.13. The van der Waals surface area contributed by atoms with Crippen LogP contribution in [-0.2, 0) is 11.2 Å². The summed E-state index contributed by atoms with van der Waals surface area (Å²) in [7, 11) is 0. The molecule has 1 aliphatic heterocycles. The number of anilines is 1. The van der Waals surface area contributed by atoms with E-state index in [1.54, 1.807) is 0 Å². The molecule has 0 aromatic heterocycles. The van der Waals surface area contributed by atoms with Crippen molar-refractivity contribution in [2.24, 2.45) is 0 Å². The Labute approximate surface area is 104 Å². The van der Waals surface area contributed by atoms with Gasteiger partial charge in [0.15, 0.2) is 0 Å². The van der Waals surface area contributed by atoms with Gasteiger partial charge in [-0.05, 0) is 36.0 Å². The summed E-state index contributed by atoms with van der Waals surface area (Å²) in [5.74, 6) is 0.721. The number of amides is 1. The first kappa shape index (κ1) is 13.8. The van der Waals surface area contributed by atoms with Crippen molar-refractivity contribution in [1.82, 2.24) is 0 Å². The number of fused-ring (bicyclic) bond motifs is 1. The zero-order chi connectivity index (χ0) is 12.8. The monoisotopic (exact) mass is 233 g/mol. The maximum atomic E-state index is 11.3. The lowest BCUT2D eigenvalue weighted by Crippen LogP contribution is -2.20. The summed E-state index contributed by atoms with van der Waals surface area (Å²) >= 11 is 0. The zero-order valence-electron chi connectivity index (χ0n) is 11.3. The van der Waals surface area contributed by atoms with Crippen molar-refractivity contribution >= 4 is 11.6 Å². The minimum atomic E-state index is 0.142. The molecule has 1 amide bonds. The molecule has 1 N–H and O–H groups in total. The van der Waals surface area contributed by atoms with E-state index >= 15 is 0 Å². The van der Waals surface area contributed by atoms with Crippen LogP contribution in [0.25, 0.3) is 0 Å². The number of benzene rings is 1. The SMILES string of the molecule is CC.CCC(C)c1cccc2c1CCC(=O)N2. The van der Waals surface area contributed by atoms with Gasteiger partial charge in [-0.25, -0.2) is 0 Å². The predicted molar refractivity (Wildman–Crippen MR) is 73.4 cm³/mol. The molecule has 17 heavy (non-hydrogen) atoms. The lowest BCUT2D eigenvalue weighted by atomic mass is 9.89. The number of hydrogen-bond acceptors (Lipinski definition) is 1. The number of hydrogen-bond donors (Lipinski definition) is 1. The molecule has 0 saturated carbocycles.